The van der Waals surface area contributed by atoms with E-state index in [1.54, 1.807) is 13.8 Å². The molecule has 0 unspecified atom stereocenters. The number of cyclic esters (lactones) is 1. The molecular formula is C31H27F10NO3. The van der Waals surface area contributed by atoms with Crippen molar-refractivity contribution in [1.82, 2.24) is 4.90 Å². The van der Waals surface area contributed by atoms with E-state index >= 15 is 0 Å². The Morgan fingerprint density at radius 2 is 1.49 bits per heavy atom. The van der Waals surface area contributed by atoms with E-state index in [0.29, 0.717) is 23.3 Å². The molecule has 2 saturated heterocycles. The van der Waals surface area contributed by atoms with Gasteiger partial charge in [-0.1, -0.05) is 13.8 Å². The van der Waals surface area contributed by atoms with Crippen molar-refractivity contribution in [1.29, 1.82) is 0 Å². The molecule has 45 heavy (non-hydrogen) atoms. The summed E-state index contributed by atoms with van der Waals surface area (Å²) in [5.41, 5.74) is -3.59. The van der Waals surface area contributed by atoms with Crippen molar-refractivity contribution in [2.24, 2.45) is 0 Å². The second-order valence-electron chi connectivity index (χ2n) is 11.5. The van der Waals surface area contributed by atoms with Gasteiger partial charge in [-0.2, -0.15) is 39.5 Å². The van der Waals surface area contributed by atoms with E-state index in [1.807, 2.05) is 0 Å². The van der Waals surface area contributed by atoms with Gasteiger partial charge in [-0.05, 0) is 84.2 Å². The molecule has 0 radical (unpaired) electrons. The number of alkyl halides is 9. The Bertz CT molecular complexity index is 1540. The molecule has 2 fully saturated rings. The molecule has 1 amide bonds. The van der Waals surface area contributed by atoms with Gasteiger partial charge in [0.05, 0.1) is 30.3 Å². The standard InChI is InChI=1S/C31H27F10NO3/c1-14(2)20-12-22(26(44-3)13-23(20)32)19-5-4-16(29(33,34)35)11-21(19)24-6-7-25-27(45-28(43)42(24)25)15-8-17(30(36,37)38)10-18(9-15)31(39,40)41/h8-14,24-25,27H,4-7H2,1-3H3/t24-,25-,27+/m0/s1. The summed E-state index contributed by atoms with van der Waals surface area (Å²) in [5, 5.41) is 0. The Labute approximate surface area is 251 Å². The van der Waals surface area contributed by atoms with Crippen molar-refractivity contribution < 1.29 is 58.2 Å². The van der Waals surface area contributed by atoms with Gasteiger partial charge in [0.15, 0.2) is 0 Å². The first kappa shape index (κ1) is 32.7. The number of ether oxygens (including phenoxy) is 2. The van der Waals surface area contributed by atoms with Crippen LogP contribution in [-0.2, 0) is 17.1 Å². The number of methoxy groups -OCH3 is 1. The van der Waals surface area contributed by atoms with Crippen molar-refractivity contribution in [2.45, 2.75) is 82.2 Å². The van der Waals surface area contributed by atoms with Gasteiger partial charge in [-0.15, -0.1) is 0 Å². The van der Waals surface area contributed by atoms with Gasteiger partial charge in [-0.3, -0.25) is 4.90 Å². The van der Waals surface area contributed by atoms with Crippen LogP contribution in [0.2, 0.25) is 0 Å². The Kier molecular flexibility index (Phi) is 8.18. The predicted octanol–water partition coefficient (Wildman–Crippen LogP) is 9.76. The van der Waals surface area contributed by atoms with Crippen molar-refractivity contribution in [3.05, 3.63) is 81.2 Å². The third-order valence-corrected chi connectivity index (χ3v) is 8.47. The third kappa shape index (κ3) is 6.11. The maximum atomic E-state index is 14.8. The minimum atomic E-state index is -5.14. The summed E-state index contributed by atoms with van der Waals surface area (Å²) >= 11 is 0. The number of benzene rings is 2. The fourth-order valence-electron chi connectivity index (χ4n) is 6.37. The highest BCUT2D eigenvalue weighted by Crippen LogP contribution is 2.50. The Morgan fingerprint density at radius 3 is 2.02 bits per heavy atom. The van der Waals surface area contributed by atoms with Crippen molar-refractivity contribution in [2.75, 3.05) is 7.11 Å². The molecule has 0 bridgehead atoms. The van der Waals surface area contributed by atoms with Crippen molar-refractivity contribution in [3.63, 3.8) is 0 Å². The second kappa shape index (κ2) is 11.3. The fraction of sp³-hybridized carbons (Fsp3) is 0.452. The molecular weight excluding hydrogens is 624 g/mol. The summed E-state index contributed by atoms with van der Waals surface area (Å²) < 4.78 is 149. The number of halogens is 10. The minimum Gasteiger partial charge on any atom is -0.496 e. The SMILES string of the molecule is COc1cc(F)c(C(C)C)cc1C1=C([C@@H]2CC[C@H]3[C@@H](c4cc(C(F)(F)F)cc(C(F)(F)F)c4)OC(=O)N23)C=C(C(F)(F)F)CC1. The lowest BCUT2D eigenvalue weighted by Gasteiger charge is -2.30. The summed E-state index contributed by atoms with van der Waals surface area (Å²) in [7, 11) is 1.27. The molecule has 0 spiro atoms. The van der Waals surface area contributed by atoms with Gasteiger partial charge in [0, 0.05) is 17.2 Å². The second-order valence-corrected chi connectivity index (χ2v) is 11.5. The lowest BCUT2D eigenvalue weighted by atomic mass is 9.82. The van der Waals surface area contributed by atoms with Gasteiger partial charge in [0.1, 0.15) is 17.7 Å². The van der Waals surface area contributed by atoms with E-state index in [-0.39, 0.29) is 48.1 Å². The first-order valence-corrected chi connectivity index (χ1v) is 14.0. The van der Waals surface area contributed by atoms with Gasteiger partial charge in [0.25, 0.3) is 0 Å². The van der Waals surface area contributed by atoms with E-state index in [9.17, 15) is 48.7 Å². The molecule has 0 saturated carbocycles. The zero-order valence-corrected chi connectivity index (χ0v) is 24.1. The van der Waals surface area contributed by atoms with E-state index < -0.39 is 77.3 Å². The number of allylic oxidation sites excluding steroid dienone is 2. The molecule has 2 heterocycles. The van der Waals surface area contributed by atoms with Crippen LogP contribution in [0.3, 0.4) is 0 Å². The van der Waals surface area contributed by atoms with Crippen LogP contribution >= 0.6 is 0 Å². The van der Waals surface area contributed by atoms with Crippen LogP contribution in [0, 0.1) is 5.82 Å². The normalized spacial score (nSPS) is 22.6. The smallest absolute Gasteiger partial charge is 0.416 e. The van der Waals surface area contributed by atoms with Crippen LogP contribution in [0.25, 0.3) is 5.57 Å². The highest BCUT2D eigenvalue weighted by atomic mass is 19.4. The molecule has 2 aromatic carbocycles. The zero-order chi connectivity index (χ0) is 33.2. The average Bonchev–Trinajstić information content (AvgIpc) is 3.52. The Hall–Kier alpha value is -3.71. The summed E-state index contributed by atoms with van der Waals surface area (Å²) in [6.07, 6.45) is -17.2. The lowest BCUT2D eigenvalue weighted by molar-refractivity contribution is -0.143. The molecule has 5 rings (SSSR count). The summed E-state index contributed by atoms with van der Waals surface area (Å²) in [5.74, 6) is -0.836. The summed E-state index contributed by atoms with van der Waals surface area (Å²) in [4.78, 5) is 14.3. The zero-order valence-electron chi connectivity index (χ0n) is 24.1. The molecule has 14 heteroatoms. The van der Waals surface area contributed by atoms with Crippen LogP contribution in [-0.4, -0.2) is 36.4 Å². The molecule has 0 N–H and O–H groups in total. The Morgan fingerprint density at radius 1 is 0.867 bits per heavy atom. The Balaban J connectivity index is 1.63. The summed E-state index contributed by atoms with van der Waals surface area (Å²) in [6.45, 7) is 3.46. The number of amides is 1. The number of hydrogen-bond acceptors (Lipinski definition) is 3. The van der Waals surface area contributed by atoms with Gasteiger partial charge in [-0.25, -0.2) is 9.18 Å². The molecule has 3 atom stereocenters. The van der Waals surface area contributed by atoms with Crippen LogP contribution in [0.1, 0.15) is 79.4 Å². The van der Waals surface area contributed by atoms with Gasteiger partial charge >= 0.3 is 24.6 Å². The maximum absolute atomic E-state index is 14.8. The predicted molar refractivity (Wildman–Crippen MR) is 142 cm³/mol. The van der Waals surface area contributed by atoms with E-state index in [0.717, 1.165) is 17.0 Å². The first-order valence-electron chi connectivity index (χ1n) is 14.0. The van der Waals surface area contributed by atoms with Crippen LogP contribution in [0.4, 0.5) is 48.7 Å². The van der Waals surface area contributed by atoms with Gasteiger partial charge < -0.3 is 9.47 Å². The monoisotopic (exact) mass is 651 g/mol. The number of fused-ring (bicyclic) bond motifs is 1. The molecule has 4 nitrogen and oxygen atoms in total. The number of nitrogens with zero attached hydrogens (tertiary/aromatic N) is 1. The molecule has 2 aliphatic heterocycles. The first-order chi connectivity index (χ1) is 20.8. The molecule has 1 aliphatic carbocycles. The lowest BCUT2D eigenvalue weighted by Crippen LogP contribution is -2.37. The largest absolute Gasteiger partial charge is 0.496 e. The number of carbonyl (C=O) groups excluding carboxylic acids is 1. The number of carbonyl (C=O) groups is 1. The third-order valence-electron chi connectivity index (χ3n) is 8.47. The van der Waals surface area contributed by atoms with Crippen molar-refractivity contribution in [3.8, 4) is 5.75 Å². The minimum absolute atomic E-state index is 0.0163. The number of rotatable bonds is 5. The highest BCUT2D eigenvalue weighted by molar-refractivity contribution is 5.80. The van der Waals surface area contributed by atoms with Crippen LogP contribution in [0.5, 0.6) is 5.75 Å². The summed E-state index contributed by atoms with van der Waals surface area (Å²) in [6, 6.07) is 1.40. The quantitative estimate of drug-likeness (QED) is 0.302. The molecule has 3 aliphatic rings. The topological polar surface area (TPSA) is 38.8 Å². The average molecular weight is 652 g/mol. The number of hydrogen-bond donors (Lipinski definition) is 0. The van der Waals surface area contributed by atoms with Crippen LogP contribution in [0.15, 0.2) is 47.6 Å². The van der Waals surface area contributed by atoms with E-state index in [2.05, 4.69) is 0 Å². The van der Waals surface area contributed by atoms with Crippen molar-refractivity contribution >= 4 is 11.7 Å². The highest BCUT2D eigenvalue weighted by Gasteiger charge is 2.52. The van der Waals surface area contributed by atoms with Gasteiger partial charge in [0.2, 0.25) is 0 Å². The molecule has 244 valence electrons. The molecule has 0 aromatic heterocycles. The van der Waals surface area contributed by atoms with E-state index in [1.165, 1.54) is 13.2 Å². The maximum Gasteiger partial charge on any atom is 0.416 e. The fourth-order valence-corrected chi connectivity index (χ4v) is 6.37. The van der Waals surface area contributed by atoms with E-state index in [4.69, 9.17) is 9.47 Å². The molecule has 2 aromatic rings. The van der Waals surface area contributed by atoms with Crippen LogP contribution < -0.4 is 4.74 Å².